The number of carbonyl (C=O) groups excluding carboxylic acids is 1. The number of hydrogen-bond acceptors (Lipinski definition) is 5. The molecule has 3 heterocycles. The fraction of sp³-hybridized carbons (Fsp3) is 0.125. The average Bonchev–Trinajstić information content (AvgIpc) is 3.44. The highest BCUT2D eigenvalue weighted by atomic mass is 32.2. The van der Waals surface area contributed by atoms with Crippen LogP contribution in [0.1, 0.15) is 20.8 Å². The molecule has 0 spiro atoms. The van der Waals surface area contributed by atoms with E-state index in [1.807, 2.05) is 30.5 Å². The Morgan fingerprint density at radius 2 is 1.97 bits per heavy atom. The van der Waals surface area contributed by atoms with E-state index in [1.165, 1.54) is 40.0 Å². The Morgan fingerprint density at radius 1 is 1.12 bits per heavy atom. The van der Waals surface area contributed by atoms with Crippen LogP contribution in [0.4, 0.5) is 10.1 Å². The molecule has 0 radical (unpaired) electrons. The SMILES string of the molecule is O=C1C(=CNCCc2c[nH]c3ccccc23)S(=O)(=O)N(Cc2cccc(F)c2)c2ccsc21. The third-order valence-corrected chi connectivity index (χ3v) is 8.24. The van der Waals surface area contributed by atoms with E-state index < -0.39 is 21.6 Å². The molecule has 0 aliphatic carbocycles. The molecule has 6 nitrogen and oxygen atoms in total. The maximum atomic E-state index is 13.7. The third-order valence-electron chi connectivity index (χ3n) is 5.57. The zero-order valence-corrected chi connectivity index (χ0v) is 19.0. The van der Waals surface area contributed by atoms with E-state index in [0.29, 0.717) is 29.1 Å². The van der Waals surface area contributed by atoms with Gasteiger partial charge in [0, 0.05) is 29.8 Å². The lowest BCUT2D eigenvalue weighted by molar-refractivity contribution is 0.104. The summed E-state index contributed by atoms with van der Waals surface area (Å²) in [6.07, 6.45) is 3.87. The topological polar surface area (TPSA) is 82.3 Å². The van der Waals surface area contributed by atoms with Gasteiger partial charge in [-0.2, -0.15) is 0 Å². The summed E-state index contributed by atoms with van der Waals surface area (Å²) >= 11 is 1.19. The monoisotopic (exact) mass is 481 g/mol. The normalized spacial score (nSPS) is 16.3. The molecule has 0 amide bonds. The second kappa shape index (κ2) is 8.49. The van der Waals surface area contributed by atoms with E-state index >= 15 is 0 Å². The van der Waals surface area contributed by atoms with Crippen molar-refractivity contribution >= 4 is 43.7 Å². The molecule has 168 valence electrons. The van der Waals surface area contributed by atoms with Gasteiger partial charge in [0.05, 0.1) is 12.2 Å². The number of hydrogen-bond donors (Lipinski definition) is 2. The van der Waals surface area contributed by atoms with Gasteiger partial charge in [0.2, 0.25) is 5.78 Å². The number of anilines is 1. The number of ketones is 1. The van der Waals surface area contributed by atoms with Gasteiger partial charge in [0.1, 0.15) is 10.7 Å². The van der Waals surface area contributed by atoms with E-state index in [9.17, 15) is 17.6 Å². The van der Waals surface area contributed by atoms with E-state index in [1.54, 1.807) is 17.5 Å². The van der Waals surface area contributed by atoms with Crippen molar-refractivity contribution in [1.29, 1.82) is 0 Å². The molecule has 1 aliphatic rings. The molecular formula is C24H20FN3O3S2. The lowest BCUT2D eigenvalue weighted by Gasteiger charge is -2.29. The second-order valence-electron chi connectivity index (χ2n) is 7.68. The number of benzene rings is 2. The van der Waals surface area contributed by atoms with Gasteiger partial charge in [-0.15, -0.1) is 11.3 Å². The third kappa shape index (κ3) is 3.94. The number of Topliss-reactive ketones (excluding diaryl/α,β-unsaturated/α-hetero) is 1. The Morgan fingerprint density at radius 3 is 2.82 bits per heavy atom. The molecule has 1 aliphatic heterocycles. The first-order valence-corrected chi connectivity index (χ1v) is 12.6. The molecule has 5 rings (SSSR count). The number of nitrogens with one attached hydrogen (secondary N) is 2. The van der Waals surface area contributed by atoms with Crippen molar-refractivity contribution in [2.45, 2.75) is 13.0 Å². The van der Waals surface area contributed by atoms with Gasteiger partial charge in [-0.3, -0.25) is 9.10 Å². The van der Waals surface area contributed by atoms with Crippen LogP contribution in [-0.4, -0.2) is 25.7 Å². The maximum absolute atomic E-state index is 13.7. The molecular weight excluding hydrogens is 461 g/mol. The lowest BCUT2D eigenvalue weighted by Crippen LogP contribution is -2.38. The van der Waals surface area contributed by atoms with Gasteiger partial charge >= 0.3 is 0 Å². The number of allylic oxidation sites excluding steroid dienone is 1. The number of nitrogens with zero attached hydrogens (tertiary/aromatic N) is 1. The molecule has 0 saturated carbocycles. The van der Waals surface area contributed by atoms with Crippen LogP contribution in [0.15, 0.2) is 77.3 Å². The number of halogens is 1. The number of aromatic amines is 1. The van der Waals surface area contributed by atoms with Gasteiger partial charge < -0.3 is 10.3 Å². The van der Waals surface area contributed by atoms with Crippen LogP contribution < -0.4 is 9.62 Å². The van der Waals surface area contributed by atoms with Crippen molar-refractivity contribution in [3.05, 3.63) is 99.1 Å². The highest BCUT2D eigenvalue weighted by Crippen LogP contribution is 2.39. The minimum Gasteiger partial charge on any atom is -0.389 e. The minimum atomic E-state index is -4.12. The zero-order chi connectivity index (χ0) is 23.0. The zero-order valence-electron chi connectivity index (χ0n) is 17.4. The Kier molecular flexibility index (Phi) is 5.51. The first-order chi connectivity index (χ1) is 15.9. The summed E-state index contributed by atoms with van der Waals surface area (Å²) in [4.78, 5) is 16.2. The molecule has 9 heteroatoms. The summed E-state index contributed by atoms with van der Waals surface area (Å²) in [7, 11) is -4.12. The Labute approximate surface area is 194 Å². The van der Waals surface area contributed by atoms with Crippen molar-refractivity contribution in [2.75, 3.05) is 10.8 Å². The summed E-state index contributed by atoms with van der Waals surface area (Å²) in [5.41, 5.74) is 2.96. The highest BCUT2D eigenvalue weighted by molar-refractivity contribution is 7.97. The van der Waals surface area contributed by atoms with E-state index in [-0.39, 0.29) is 11.4 Å². The van der Waals surface area contributed by atoms with Crippen molar-refractivity contribution in [3.8, 4) is 0 Å². The number of thiophene rings is 1. The number of carbonyl (C=O) groups is 1. The summed E-state index contributed by atoms with van der Waals surface area (Å²) in [5.74, 6) is -0.978. The predicted molar refractivity (Wildman–Crippen MR) is 128 cm³/mol. The van der Waals surface area contributed by atoms with Crippen LogP contribution in [-0.2, 0) is 23.0 Å². The highest BCUT2D eigenvalue weighted by Gasteiger charge is 2.41. The Bertz CT molecular complexity index is 1490. The number of fused-ring (bicyclic) bond motifs is 2. The summed E-state index contributed by atoms with van der Waals surface area (Å²) in [6.45, 7) is 0.388. The standard InChI is InChI=1S/C24H20FN3O3S2/c25-18-5-3-4-16(12-18)15-28-21-9-11-32-24(21)23(29)22(33(28,30)31)14-26-10-8-17-13-27-20-7-2-1-6-19(17)20/h1-7,9,11-14,26-27H,8,10,15H2. The average molecular weight is 482 g/mol. The largest absolute Gasteiger partial charge is 0.389 e. The van der Waals surface area contributed by atoms with Gasteiger partial charge in [-0.05, 0) is 47.2 Å². The van der Waals surface area contributed by atoms with Crippen molar-refractivity contribution in [1.82, 2.24) is 10.3 Å². The smallest absolute Gasteiger partial charge is 0.270 e. The van der Waals surface area contributed by atoms with Crippen LogP contribution in [0.25, 0.3) is 10.9 Å². The van der Waals surface area contributed by atoms with Crippen LogP contribution in [0.2, 0.25) is 0 Å². The van der Waals surface area contributed by atoms with E-state index in [2.05, 4.69) is 10.3 Å². The fourth-order valence-electron chi connectivity index (χ4n) is 3.97. The van der Waals surface area contributed by atoms with Gasteiger partial charge in [-0.1, -0.05) is 30.3 Å². The minimum absolute atomic E-state index is 0.0657. The van der Waals surface area contributed by atoms with Crippen LogP contribution in [0.3, 0.4) is 0 Å². The number of para-hydroxylation sites is 1. The molecule has 0 fully saturated rings. The van der Waals surface area contributed by atoms with Gasteiger partial charge in [-0.25, -0.2) is 12.8 Å². The van der Waals surface area contributed by atoms with Crippen LogP contribution >= 0.6 is 11.3 Å². The summed E-state index contributed by atoms with van der Waals surface area (Å²) < 4.78 is 41.6. The lowest BCUT2D eigenvalue weighted by atomic mass is 10.1. The van der Waals surface area contributed by atoms with Crippen molar-refractivity contribution in [2.24, 2.45) is 0 Å². The van der Waals surface area contributed by atoms with E-state index in [0.717, 1.165) is 16.5 Å². The fourth-order valence-corrected chi connectivity index (χ4v) is 6.48. The Balaban J connectivity index is 1.39. The molecule has 0 bridgehead atoms. The number of H-pyrrole nitrogens is 1. The molecule has 4 aromatic rings. The first-order valence-electron chi connectivity index (χ1n) is 10.3. The maximum Gasteiger partial charge on any atom is 0.270 e. The predicted octanol–water partition coefficient (Wildman–Crippen LogP) is 4.57. The molecule has 2 aromatic heterocycles. The van der Waals surface area contributed by atoms with Crippen molar-refractivity contribution < 1.29 is 17.6 Å². The molecule has 0 atom stereocenters. The first kappa shape index (κ1) is 21.4. The number of rotatable bonds is 6. The van der Waals surface area contributed by atoms with Crippen LogP contribution in [0.5, 0.6) is 0 Å². The summed E-state index contributed by atoms with van der Waals surface area (Å²) in [6, 6.07) is 15.3. The van der Waals surface area contributed by atoms with E-state index in [4.69, 9.17) is 0 Å². The van der Waals surface area contributed by atoms with Crippen LogP contribution in [0, 0.1) is 5.82 Å². The molecule has 33 heavy (non-hydrogen) atoms. The Hall–Kier alpha value is -3.43. The number of sulfonamides is 1. The quantitative estimate of drug-likeness (QED) is 0.312. The number of aromatic nitrogens is 1. The molecule has 0 unspecified atom stereocenters. The molecule has 2 N–H and O–H groups in total. The van der Waals surface area contributed by atoms with Gasteiger partial charge in [0.15, 0.2) is 4.91 Å². The summed E-state index contributed by atoms with van der Waals surface area (Å²) in [5, 5.41) is 5.80. The van der Waals surface area contributed by atoms with Crippen molar-refractivity contribution in [3.63, 3.8) is 0 Å². The van der Waals surface area contributed by atoms with Gasteiger partial charge in [0.25, 0.3) is 10.0 Å². The molecule has 0 saturated heterocycles. The second-order valence-corrected chi connectivity index (χ2v) is 10.4. The molecule has 2 aromatic carbocycles.